The van der Waals surface area contributed by atoms with E-state index in [1.165, 1.54) is 171 Å². The minimum atomic E-state index is -4.79. The zero-order chi connectivity index (χ0) is 105. The number of carbonyl (C=O) groups is 6. The molecule has 0 amide bonds. The molecule has 136 heavy (non-hydrogen) atoms. The van der Waals surface area contributed by atoms with E-state index in [1.54, 1.807) is 74.4 Å². The lowest BCUT2D eigenvalue weighted by atomic mass is 9.50. The normalized spacial score (nSPS) is 25.3. The molecule has 0 aliphatic heterocycles. The van der Waals surface area contributed by atoms with Gasteiger partial charge in [-0.05, 0) is 293 Å². The molecule has 13 atom stereocenters. The number of alkyl halides is 14. The lowest BCUT2D eigenvalue weighted by Gasteiger charge is -2.56. The van der Waals surface area contributed by atoms with Crippen LogP contribution in [0.5, 0.6) is 0 Å². The summed E-state index contributed by atoms with van der Waals surface area (Å²) in [7, 11) is -8.05. The van der Waals surface area contributed by atoms with Crippen molar-refractivity contribution in [2.45, 2.75) is 410 Å². The van der Waals surface area contributed by atoms with E-state index in [-0.39, 0.29) is 92.4 Å². The molecule has 36 heteroatoms. The SMILES string of the molecule is CC(C(F)(F)F)S(=O)(=O)OCC(C)(C)C.CC(C)(C)C(C)(F)C(=O)OCC1CCCC1.CC(F)CC(=O)OCC12CC3CC(CC(C3)C1)C2.CC(F)CCC(=O)C(C)C.CC(F)CO.CC(F)COCC12CC3CC(CC(C3)C1)C2.CC(F)COCc1ccc(F)cc1.CC(F)OC(=O)C1CC2CCC1C2.CCCC(=O)C(C)(F)Cl.CCCCS(=O)(=O)OCC(C)F.CCOC(=O)C(C)(C)F. The van der Waals surface area contributed by atoms with Gasteiger partial charge < -0.3 is 33.5 Å². The van der Waals surface area contributed by atoms with Crippen LogP contribution in [0.15, 0.2) is 24.3 Å². The average Bonchev–Trinajstić information content (AvgIpc) is 1.13. The van der Waals surface area contributed by atoms with Crippen LogP contribution < -0.4 is 0 Å². The Kier molecular flexibility index (Phi) is 60.8. The smallest absolute Gasteiger partial charge is 0.407 e. The van der Waals surface area contributed by atoms with Gasteiger partial charge >= 0.3 is 30.1 Å². The van der Waals surface area contributed by atoms with Gasteiger partial charge in [-0.1, -0.05) is 119 Å². The molecule has 800 valence electrons. The number of hydrogen-bond acceptors (Lipinski definition) is 19. The number of aliphatic hydroxyl groups is 1. The molecule has 13 unspecified atom stereocenters. The number of unbranched alkanes of at least 4 members (excludes halogenated alkanes) is 1. The molecule has 0 aromatic heterocycles. The lowest BCUT2D eigenvalue weighted by Crippen LogP contribution is -2.48. The maximum Gasteiger partial charge on any atom is 0.407 e. The number of esters is 4. The van der Waals surface area contributed by atoms with E-state index in [0.717, 1.165) is 93.1 Å². The second-order valence-corrected chi connectivity index (χ2v) is 46.7. The molecular weight excluding hydrogens is 1870 g/mol. The van der Waals surface area contributed by atoms with Gasteiger partial charge in [0.2, 0.25) is 22.8 Å². The Morgan fingerprint density at radius 1 is 0.529 bits per heavy atom. The van der Waals surface area contributed by atoms with Crippen molar-refractivity contribution < 1.29 is 149 Å². The van der Waals surface area contributed by atoms with Crippen molar-refractivity contribution in [2.75, 3.05) is 65.2 Å². The molecule has 11 saturated carbocycles. The maximum atomic E-state index is 14.2. The van der Waals surface area contributed by atoms with Gasteiger partial charge in [0, 0.05) is 36.5 Å². The van der Waals surface area contributed by atoms with Gasteiger partial charge in [0.25, 0.3) is 20.2 Å². The fourth-order valence-corrected chi connectivity index (χ4v) is 20.2. The van der Waals surface area contributed by atoms with Crippen molar-refractivity contribution in [3.8, 4) is 0 Å². The number of rotatable bonds is 36. The summed E-state index contributed by atoms with van der Waals surface area (Å²) >= 11 is 5.05. The molecule has 1 aromatic carbocycles. The Bertz CT molecular complexity index is 3650. The van der Waals surface area contributed by atoms with Gasteiger partial charge in [0.05, 0.1) is 90.3 Å². The van der Waals surface area contributed by atoms with Crippen LogP contribution in [0.2, 0.25) is 0 Å². The Labute approximate surface area is 810 Å². The van der Waals surface area contributed by atoms with E-state index in [2.05, 4.69) is 17.8 Å². The summed E-state index contributed by atoms with van der Waals surface area (Å²) in [6, 6.07) is 5.96. The second-order valence-electron chi connectivity index (χ2n) is 42.3. The lowest BCUT2D eigenvalue weighted by molar-refractivity contribution is -0.166. The van der Waals surface area contributed by atoms with Gasteiger partial charge in [-0.25, -0.2) is 57.9 Å². The summed E-state index contributed by atoms with van der Waals surface area (Å²) in [5, 5.41) is 3.12. The largest absolute Gasteiger partial charge is 0.465 e. The van der Waals surface area contributed by atoms with E-state index < -0.39 is 120 Å². The highest BCUT2D eigenvalue weighted by Gasteiger charge is 2.54. The highest BCUT2D eigenvalue weighted by molar-refractivity contribution is 7.87. The second kappa shape index (κ2) is 62.9. The summed E-state index contributed by atoms with van der Waals surface area (Å²) in [6.45, 7) is 35.8. The summed E-state index contributed by atoms with van der Waals surface area (Å²) in [4.78, 5) is 66.4. The molecule has 10 bridgehead atoms. The van der Waals surface area contributed by atoms with Crippen LogP contribution in [0, 0.1) is 92.6 Å². The highest BCUT2D eigenvalue weighted by atomic mass is 35.5. The van der Waals surface area contributed by atoms with Crippen molar-refractivity contribution in [2.24, 2.45) is 86.8 Å². The molecule has 0 radical (unpaired) electrons. The first-order valence-corrected chi connectivity index (χ1v) is 52.2. The third kappa shape index (κ3) is 57.1. The minimum Gasteiger partial charge on any atom is -0.465 e. The van der Waals surface area contributed by atoms with Gasteiger partial charge in [-0.15, -0.1) is 0 Å². The quantitative estimate of drug-likeness (QED) is 0.0215. The van der Waals surface area contributed by atoms with Crippen LogP contribution in [-0.2, 0) is 92.4 Å². The molecule has 1 aromatic rings. The fourth-order valence-electron chi connectivity index (χ4n) is 17.9. The standard InChI is InChI=1S/C15H23FO2.C14H23FO.C13H23FO2.C10H12F2O.C10H15FO2.C8H15F3O3S.C8H15FO.C7H15FO3S.C6H10ClFO.C6H11FO2.C3H7FO/c1-10(16)2-14(17)18-9-15-6-11-3-12(7-15)5-13(4-11)8-15;1-10(15)8-16-9-14-5-11-2-12(6-14)4-13(3-11)7-14;1-12(2,3)13(4,14)11(15)16-9-10-7-5-6-8-10;1-8(11)6-13-7-9-2-4-10(12)5-3-9;1-6(11)13-10(12)9-5-7-2-3-8(9)4-7;1-6(8(9,10)11)15(12,13)14-5-7(2,3)4;1-6(2)8(10)5-4-7(3)9;1-3-4-5-12(9,10)11-6-7(2)8;1-3-4-5(9)6(2,7)8;1-4-9-5(8)6(2,3)7;1-3(4)2-5/h10-13H,2-9H2,1H3;10-13H,2-9H2,1H3;10H,5-9H2,1-4H3;2-5,8H,6-7H2,1H3;6-9H,2-5H2,1H3;6H,5H2,1-4H3;6-7H,4-5H2,1-3H3;7H,3-6H2,1-2H3;3-4H2,1-2H3;4H2,1-3H3;3,5H,2H2,1H3. The first-order chi connectivity index (χ1) is 62.4. The number of Topliss-reactive ketones (excluding diaryl/α,β-unsaturated/α-hetero) is 2. The summed E-state index contributed by atoms with van der Waals surface area (Å²) < 4.78 is 256. The molecule has 11 fully saturated rings. The van der Waals surface area contributed by atoms with Crippen molar-refractivity contribution in [3.63, 3.8) is 0 Å². The first-order valence-electron chi connectivity index (χ1n) is 48.7. The van der Waals surface area contributed by atoms with Crippen LogP contribution in [0.4, 0.5) is 61.5 Å². The summed E-state index contributed by atoms with van der Waals surface area (Å²) in [6.07, 6.45) is 16.1. The topological polar surface area (TPSA) is 265 Å². The Morgan fingerprint density at radius 2 is 0.993 bits per heavy atom. The van der Waals surface area contributed by atoms with Crippen LogP contribution in [0.25, 0.3) is 0 Å². The maximum absolute atomic E-state index is 14.2. The van der Waals surface area contributed by atoms with Crippen LogP contribution in [-0.4, -0.2) is 194 Å². The Hall–Kier alpha value is -4.55. The number of ether oxygens (including phenoxy) is 6. The molecule has 0 heterocycles. The number of hydrogen-bond donors (Lipinski definition) is 1. The van der Waals surface area contributed by atoms with E-state index in [9.17, 15) is 107 Å². The number of halogens is 15. The predicted octanol–water partition coefficient (Wildman–Crippen LogP) is 25.6. The zero-order valence-corrected chi connectivity index (χ0v) is 87.8. The number of fused-ring (bicyclic) bond motifs is 2. The minimum absolute atomic E-state index is 0.00282. The molecular formula is C100H169ClF14O19S2. The zero-order valence-electron chi connectivity index (χ0n) is 85.4. The highest BCUT2D eigenvalue weighted by Crippen LogP contribution is 2.61. The monoisotopic (exact) mass is 2040 g/mol. The first kappa shape index (κ1) is 131. The molecule has 19 nitrogen and oxygen atoms in total. The van der Waals surface area contributed by atoms with Crippen molar-refractivity contribution in [1.82, 2.24) is 0 Å². The predicted molar refractivity (Wildman–Crippen MR) is 502 cm³/mol. The fraction of sp³-hybridized carbons (Fsp3) is 0.880. The Balaban J connectivity index is 0.00000149. The van der Waals surface area contributed by atoms with Gasteiger partial charge in [0.1, 0.15) is 42.5 Å². The van der Waals surface area contributed by atoms with Crippen molar-refractivity contribution >= 4 is 67.3 Å². The number of carbonyl (C=O) groups excluding carboxylic acids is 6. The average molecular weight is 2040 g/mol. The number of aliphatic hydroxyl groups excluding tert-OH is 1. The van der Waals surface area contributed by atoms with Crippen LogP contribution in [0.3, 0.4) is 0 Å². The van der Waals surface area contributed by atoms with E-state index in [4.69, 9.17) is 35.7 Å². The van der Waals surface area contributed by atoms with Crippen LogP contribution in [0.1, 0.15) is 338 Å². The summed E-state index contributed by atoms with van der Waals surface area (Å²) in [5.74, 6) is 4.34. The van der Waals surface area contributed by atoms with E-state index in [0.29, 0.717) is 82.2 Å². The van der Waals surface area contributed by atoms with Gasteiger partial charge in [-0.2, -0.15) is 30.0 Å². The molecule has 11 aliphatic rings. The van der Waals surface area contributed by atoms with Gasteiger partial charge in [-0.3, -0.25) is 27.5 Å². The Morgan fingerprint density at radius 3 is 1.33 bits per heavy atom. The van der Waals surface area contributed by atoms with Crippen molar-refractivity contribution in [1.29, 1.82) is 0 Å². The summed E-state index contributed by atoms with van der Waals surface area (Å²) in [5.41, 5.74) is -3.44. The van der Waals surface area contributed by atoms with E-state index >= 15 is 0 Å². The molecule has 0 saturated heterocycles. The third-order valence-electron chi connectivity index (χ3n) is 24.8. The number of benzene rings is 1. The van der Waals surface area contributed by atoms with E-state index in [1.807, 2.05) is 20.8 Å². The van der Waals surface area contributed by atoms with Crippen LogP contribution >= 0.6 is 11.6 Å². The van der Waals surface area contributed by atoms with Crippen molar-refractivity contribution in [3.05, 3.63) is 35.6 Å². The van der Waals surface area contributed by atoms with Gasteiger partial charge in [0.15, 0.2) is 11.0 Å². The molecule has 0 spiro atoms. The molecule has 12 rings (SSSR count). The number of ketones is 2. The third-order valence-corrected chi connectivity index (χ3v) is 27.9. The molecule has 11 aliphatic carbocycles. The molecule has 1 N–H and O–H groups in total.